The van der Waals surface area contributed by atoms with Crippen LogP contribution in [-0.2, 0) is 21.2 Å². The average molecular weight is 493 g/mol. The van der Waals surface area contributed by atoms with Crippen LogP contribution < -0.4 is 10.5 Å². The first kappa shape index (κ1) is 23.0. The maximum atomic E-state index is 13.2. The molecule has 0 radical (unpaired) electrons. The lowest BCUT2D eigenvalue weighted by atomic mass is 10.0. The first-order valence-electron chi connectivity index (χ1n) is 10.6. The Kier molecular flexibility index (Phi) is 6.22. The first-order chi connectivity index (χ1) is 15.2. The molecule has 32 heavy (non-hydrogen) atoms. The molecule has 8 nitrogen and oxygen atoms in total. The molecule has 0 aliphatic carbocycles. The summed E-state index contributed by atoms with van der Waals surface area (Å²) in [4.78, 5) is 30.1. The number of carbonyl (C=O) groups is 1. The zero-order valence-corrected chi connectivity index (χ0v) is 20.4. The van der Waals surface area contributed by atoms with Crippen molar-refractivity contribution in [2.45, 2.75) is 45.7 Å². The number of nitrogens with zero attached hydrogens (tertiary/aromatic N) is 4. The molecule has 4 rings (SSSR count). The molecule has 1 atom stereocenters. The number of hydrogen-bond donors (Lipinski definition) is 0. The predicted molar refractivity (Wildman–Crippen MR) is 129 cm³/mol. The molecule has 11 heteroatoms. The molecule has 3 saturated heterocycles. The third-order valence-electron chi connectivity index (χ3n) is 6.24. The zero-order valence-electron chi connectivity index (χ0n) is 18.0. The molecule has 0 aromatic carbocycles. The number of thioether (sulfide) groups is 1. The van der Waals surface area contributed by atoms with Crippen molar-refractivity contribution in [3.8, 4) is 6.07 Å². The Hall–Kier alpha value is -2.16. The Morgan fingerprint density at radius 2 is 1.97 bits per heavy atom. The summed E-state index contributed by atoms with van der Waals surface area (Å²) in [5.41, 5.74) is 0.955. The number of anilines is 1. The van der Waals surface area contributed by atoms with Crippen molar-refractivity contribution in [2.75, 3.05) is 29.5 Å². The van der Waals surface area contributed by atoms with Crippen LogP contribution in [0, 0.1) is 18.3 Å². The summed E-state index contributed by atoms with van der Waals surface area (Å²) in [7, 11) is -3.17. The fourth-order valence-corrected chi connectivity index (χ4v) is 7.69. The monoisotopic (exact) mass is 492 g/mol. The van der Waals surface area contributed by atoms with Crippen molar-refractivity contribution in [2.24, 2.45) is 0 Å². The van der Waals surface area contributed by atoms with Crippen LogP contribution in [0.25, 0.3) is 6.08 Å². The minimum absolute atomic E-state index is 0.0545. The van der Waals surface area contributed by atoms with Gasteiger partial charge in [-0.1, -0.05) is 24.0 Å². The number of hydrogen-bond acceptors (Lipinski definition) is 8. The minimum atomic E-state index is -3.17. The third kappa shape index (κ3) is 3.89. The van der Waals surface area contributed by atoms with Gasteiger partial charge in [0.05, 0.1) is 22.5 Å². The quantitative estimate of drug-likeness (QED) is 0.465. The largest absolute Gasteiger partial charge is 0.357 e. The van der Waals surface area contributed by atoms with E-state index in [4.69, 9.17) is 12.2 Å². The molecule has 3 aliphatic rings. The Bertz CT molecular complexity index is 1240. The van der Waals surface area contributed by atoms with E-state index in [9.17, 15) is 23.3 Å². The van der Waals surface area contributed by atoms with Crippen LogP contribution in [0.2, 0.25) is 0 Å². The van der Waals surface area contributed by atoms with Gasteiger partial charge in [-0.05, 0) is 44.7 Å². The second kappa shape index (κ2) is 8.65. The summed E-state index contributed by atoms with van der Waals surface area (Å²) < 4.78 is 25.8. The standard InChI is InChI=1S/C21H24N4O4S3/c1-3-24-18(23-7-4-5-8-23)15(13(2)16(11-22)19(24)26)10-17-20(27)25(21(30)31-17)14-6-9-32(28,29)12-14/h10,14H,3-9,12H2,1-2H3. The van der Waals surface area contributed by atoms with Crippen LogP contribution in [0.1, 0.15) is 42.9 Å². The van der Waals surface area contributed by atoms with E-state index < -0.39 is 15.9 Å². The highest BCUT2D eigenvalue weighted by molar-refractivity contribution is 8.26. The minimum Gasteiger partial charge on any atom is -0.357 e. The molecule has 4 heterocycles. The van der Waals surface area contributed by atoms with Gasteiger partial charge in [0.15, 0.2) is 9.84 Å². The van der Waals surface area contributed by atoms with Gasteiger partial charge in [-0.25, -0.2) is 8.42 Å². The van der Waals surface area contributed by atoms with Gasteiger partial charge in [-0.2, -0.15) is 5.26 Å². The van der Waals surface area contributed by atoms with Crippen molar-refractivity contribution in [1.82, 2.24) is 9.47 Å². The summed E-state index contributed by atoms with van der Waals surface area (Å²) in [6.45, 7) is 5.59. The van der Waals surface area contributed by atoms with Crippen LogP contribution >= 0.6 is 24.0 Å². The number of sulfone groups is 1. The number of thiocarbonyl (C=S) groups is 1. The van der Waals surface area contributed by atoms with Crippen molar-refractivity contribution < 1.29 is 13.2 Å². The molecule has 0 N–H and O–H groups in total. The van der Waals surface area contributed by atoms with E-state index in [1.807, 2.05) is 13.0 Å². The van der Waals surface area contributed by atoms with Gasteiger partial charge in [0.25, 0.3) is 11.5 Å². The molecule has 3 fully saturated rings. The molecule has 0 bridgehead atoms. The van der Waals surface area contributed by atoms with Gasteiger partial charge in [0.1, 0.15) is 21.8 Å². The van der Waals surface area contributed by atoms with Gasteiger partial charge >= 0.3 is 0 Å². The predicted octanol–water partition coefficient (Wildman–Crippen LogP) is 2.04. The number of pyridine rings is 1. The highest BCUT2D eigenvalue weighted by Gasteiger charge is 2.42. The van der Waals surface area contributed by atoms with Crippen molar-refractivity contribution in [1.29, 1.82) is 5.26 Å². The Morgan fingerprint density at radius 3 is 2.53 bits per heavy atom. The van der Waals surface area contributed by atoms with Gasteiger partial charge in [0.2, 0.25) is 0 Å². The summed E-state index contributed by atoms with van der Waals surface area (Å²) in [6, 6.07) is 1.58. The van der Waals surface area contributed by atoms with Crippen LogP contribution in [-0.4, -0.2) is 58.7 Å². The summed E-state index contributed by atoms with van der Waals surface area (Å²) in [5.74, 6) is 0.380. The number of carbonyl (C=O) groups excluding carboxylic acids is 1. The van der Waals surface area contributed by atoms with Crippen molar-refractivity contribution >= 4 is 55.9 Å². The highest BCUT2D eigenvalue weighted by atomic mass is 32.2. The fraction of sp³-hybridized carbons (Fsp3) is 0.524. The second-order valence-electron chi connectivity index (χ2n) is 8.20. The second-order valence-corrected chi connectivity index (χ2v) is 12.1. The first-order valence-corrected chi connectivity index (χ1v) is 13.6. The lowest BCUT2D eigenvalue weighted by Gasteiger charge is -2.26. The molecule has 1 aromatic rings. The van der Waals surface area contributed by atoms with Crippen molar-refractivity contribution in [3.63, 3.8) is 0 Å². The molecule has 3 aliphatic heterocycles. The topological polar surface area (TPSA) is 103 Å². The Balaban J connectivity index is 1.83. The molecule has 0 saturated carbocycles. The maximum absolute atomic E-state index is 13.2. The summed E-state index contributed by atoms with van der Waals surface area (Å²) >= 11 is 6.57. The number of aromatic nitrogens is 1. The number of nitriles is 1. The number of rotatable bonds is 4. The van der Waals surface area contributed by atoms with E-state index in [-0.39, 0.29) is 28.5 Å². The van der Waals surface area contributed by atoms with Crippen LogP contribution in [0.3, 0.4) is 0 Å². The lowest BCUT2D eigenvalue weighted by Crippen LogP contribution is -2.39. The van der Waals surface area contributed by atoms with E-state index in [0.717, 1.165) is 43.5 Å². The van der Waals surface area contributed by atoms with E-state index in [1.165, 1.54) is 4.90 Å². The van der Waals surface area contributed by atoms with E-state index in [0.29, 0.717) is 33.3 Å². The molecule has 0 spiro atoms. The fourth-order valence-electron chi connectivity index (χ4n) is 4.61. The van der Waals surface area contributed by atoms with Gasteiger partial charge in [-0.15, -0.1) is 0 Å². The molecule has 170 valence electrons. The summed E-state index contributed by atoms with van der Waals surface area (Å²) in [6.07, 6.45) is 4.11. The summed E-state index contributed by atoms with van der Waals surface area (Å²) in [5, 5.41) is 9.63. The number of amides is 1. The lowest BCUT2D eigenvalue weighted by molar-refractivity contribution is -0.123. The van der Waals surface area contributed by atoms with E-state index >= 15 is 0 Å². The van der Waals surface area contributed by atoms with E-state index in [2.05, 4.69) is 4.90 Å². The molecular weight excluding hydrogens is 468 g/mol. The van der Waals surface area contributed by atoms with Crippen molar-refractivity contribution in [3.05, 3.63) is 31.9 Å². The molecular formula is C21H24N4O4S3. The maximum Gasteiger partial charge on any atom is 0.270 e. The van der Waals surface area contributed by atoms with Gasteiger partial charge in [-0.3, -0.25) is 19.1 Å². The third-order valence-corrected chi connectivity index (χ3v) is 9.32. The smallest absolute Gasteiger partial charge is 0.270 e. The zero-order chi connectivity index (χ0) is 23.2. The SMILES string of the molecule is CCn1c(N2CCCC2)c(C=C2SC(=S)N(C3CCS(=O)(=O)C3)C2=O)c(C)c(C#N)c1=O. The Labute approximate surface area is 196 Å². The molecule has 1 amide bonds. The Morgan fingerprint density at radius 1 is 1.28 bits per heavy atom. The van der Waals surface area contributed by atoms with Gasteiger partial charge < -0.3 is 4.90 Å². The molecule has 1 aromatic heterocycles. The highest BCUT2D eigenvalue weighted by Crippen LogP contribution is 2.38. The normalized spacial score (nSPS) is 24.0. The van der Waals surface area contributed by atoms with Crippen LogP contribution in [0.5, 0.6) is 0 Å². The average Bonchev–Trinajstić information content (AvgIpc) is 3.44. The van der Waals surface area contributed by atoms with E-state index in [1.54, 1.807) is 17.6 Å². The van der Waals surface area contributed by atoms with Crippen LogP contribution in [0.4, 0.5) is 5.82 Å². The molecule has 1 unspecified atom stereocenters. The van der Waals surface area contributed by atoms with Crippen LogP contribution in [0.15, 0.2) is 9.70 Å². The van der Waals surface area contributed by atoms with Gasteiger partial charge in [0, 0.05) is 25.2 Å².